The van der Waals surface area contributed by atoms with Gasteiger partial charge in [0.1, 0.15) is 0 Å². The molecule has 3 nitrogen and oxygen atoms in total. The molecular weight excluding hydrogens is 284 g/mol. The van der Waals surface area contributed by atoms with Crippen molar-refractivity contribution in [1.29, 1.82) is 0 Å². The van der Waals surface area contributed by atoms with Crippen molar-refractivity contribution in [3.8, 4) is 0 Å². The molecule has 0 unspecified atom stereocenters. The summed E-state index contributed by atoms with van der Waals surface area (Å²) in [5.74, 6) is 1.08. The molecule has 1 spiro atoms. The molecule has 1 aromatic rings. The van der Waals surface area contributed by atoms with Crippen molar-refractivity contribution in [2.75, 3.05) is 19.6 Å². The van der Waals surface area contributed by atoms with Crippen molar-refractivity contribution in [3.05, 3.63) is 35.4 Å². The van der Waals surface area contributed by atoms with Gasteiger partial charge in [-0.2, -0.15) is 0 Å². The standard InChI is InChI=1S/C20H28N2O/c1-15(23)21-19-8-9-20(18-5-3-2-4-17(18)19)10-12-22(13-11-20)14-16-6-7-16/h2-5,16,19H,6-14H2,1H3,(H,21,23)/t19-/m0/s1. The van der Waals surface area contributed by atoms with Crippen molar-refractivity contribution >= 4 is 5.91 Å². The molecule has 23 heavy (non-hydrogen) atoms. The maximum atomic E-state index is 11.5. The normalized spacial score (nSPS) is 26.7. The minimum Gasteiger partial charge on any atom is -0.350 e. The number of hydrogen-bond acceptors (Lipinski definition) is 2. The summed E-state index contributed by atoms with van der Waals surface area (Å²) in [4.78, 5) is 14.2. The van der Waals surface area contributed by atoms with E-state index in [4.69, 9.17) is 0 Å². The minimum absolute atomic E-state index is 0.0833. The van der Waals surface area contributed by atoms with Gasteiger partial charge in [-0.3, -0.25) is 4.79 Å². The number of piperidine rings is 1. The van der Waals surface area contributed by atoms with E-state index in [1.54, 1.807) is 6.92 Å². The Labute approximate surface area is 139 Å². The molecule has 0 bridgehead atoms. The highest BCUT2D eigenvalue weighted by Crippen LogP contribution is 2.48. The molecule has 1 heterocycles. The van der Waals surface area contributed by atoms with Crippen molar-refractivity contribution < 1.29 is 4.79 Å². The van der Waals surface area contributed by atoms with Gasteiger partial charge in [-0.05, 0) is 74.1 Å². The second-order valence-electron chi connectivity index (χ2n) is 7.90. The number of rotatable bonds is 3. The first-order valence-corrected chi connectivity index (χ1v) is 9.25. The average Bonchev–Trinajstić information content (AvgIpc) is 3.36. The van der Waals surface area contributed by atoms with E-state index in [-0.39, 0.29) is 11.9 Å². The lowest BCUT2D eigenvalue weighted by Crippen LogP contribution is -2.46. The van der Waals surface area contributed by atoms with Crippen LogP contribution in [0.25, 0.3) is 0 Å². The number of nitrogens with one attached hydrogen (secondary N) is 1. The summed E-state index contributed by atoms with van der Waals surface area (Å²) in [6.07, 6.45) is 7.75. The van der Waals surface area contributed by atoms with Crippen LogP contribution in [0.15, 0.2) is 24.3 Å². The molecule has 1 atom stereocenters. The fourth-order valence-corrected chi connectivity index (χ4v) is 4.74. The highest BCUT2D eigenvalue weighted by Gasteiger charge is 2.42. The number of fused-ring (bicyclic) bond motifs is 2. The summed E-state index contributed by atoms with van der Waals surface area (Å²) in [6.45, 7) is 5.45. The first kappa shape index (κ1) is 15.2. The predicted octanol–water partition coefficient (Wildman–Crippen LogP) is 3.40. The molecule has 1 aromatic carbocycles. The zero-order valence-corrected chi connectivity index (χ0v) is 14.2. The smallest absolute Gasteiger partial charge is 0.217 e. The summed E-state index contributed by atoms with van der Waals surface area (Å²) < 4.78 is 0. The van der Waals surface area contributed by atoms with Crippen molar-refractivity contribution in [3.63, 3.8) is 0 Å². The van der Waals surface area contributed by atoms with E-state index in [1.807, 2.05) is 0 Å². The lowest BCUT2D eigenvalue weighted by atomic mass is 9.63. The number of amides is 1. The Hall–Kier alpha value is -1.35. The summed E-state index contributed by atoms with van der Waals surface area (Å²) >= 11 is 0. The van der Waals surface area contributed by atoms with Gasteiger partial charge in [0, 0.05) is 13.5 Å². The van der Waals surface area contributed by atoms with E-state index in [0.717, 1.165) is 12.3 Å². The quantitative estimate of drug-likeness (QED) is 0.928. The Morgan fingerprint density at radius 3 is 2.61 bits per heavy atom. The molecule has 1 saturated carbocycles. The van der Waals surface area contributed by atoms with Crippen molar-refractivity contribution in [2.45, 2.75) is 56.9 Å². The van der Waals surface area contributed by atoms with E-state index in [0.29, 0.717) is 5.41 Å². The van der Waals surface area contributed by atoms with Gasteiger partial charge in [0.05, 0.1) is 6.04 Å². The third kappa shape index (κ3) is 3.03. The molecule has 124 valence electrons. The fraction of sp³-hybridized carbons (Fsp3) is 0.650. The lowest BCUT2D eigenvalue weighted by molar-refractivity contribution is -0.119. The van der Waals surface area contributed by atoms with Crippen LogP contribution in [0.3, 0.4) is 0 Å². The van der Waals surface area contributed by atoms with Crippen LogP contribution >= 0.6 is 0 Å². The molecule has 1 amide bonds. The van der Waals surface area contributed by atoms with Crippen LogP contribution in [0, 0.1) is 5.92 Å². The molecule has 3 aliphatic rings. The van der Waals surface area contributed by atoms with Crippen LogP contribution in [0.2, 0.25) is 0 Å². The maximum absolute atomic E-state index is 11.5. The largest absolute Gasteiger partial charge is 0.350 e. The van der Waals surface area contributed by atoms with E-state index in [2.05, 4.69) is 34.5 Å². The SMILES string of the molecule is CC(=O)N[C@H]1CCC2(CCN(CC3CC3)CC2)c2ccccc21. The maximum Gasteiger partial charge on any atom is 0.217 e. The number of carbonyl (C=O) groups is 1. The van der Waals surface area contributed by atoms with Crippen molar-refractivity contribution in [2.24, 2.45) is 5.92 Å². The zero-order valence-electron chi connectivity index (χ0n) is 14.2. The molecular formula is C20H28N2O. The van der Waals surface area contributed by atoms with Crippen LogP contribution in [-0.4, -0.2) is 30.4 Å². The highest BCUT2D eigenvalue weighted by molar-refractivity contribution is 5.73. The number of hydrogen-bond donors (Lipinski definition) is 1. The summed E-state index contributed by atoms with van der Waals surface area (Å²) in [7, 11) is 0. The van der Waals surface area contributed by atoms with Gasteiger partial charge in [-0.25, -0.2) is 0 Å². The molecule has 3 heteroatoms. The third-order valence-corrected chi connectivity index (χ3v) is 6.22. The molecule has 2 aliphatic carbocycles. The van der Waals surface area contributed by atoms with Crippen LogP contribution in [0.5, 0.6) is 0 Å². The van der Waals surface area contributed by atoms with E-state index >= 15 is 0 Å². The summed E-state index contributed by atoms with van der Waals surface area (Å²) in [5.41, 5.74) is 3.23. The molecule has 1 saturated heterocycles. The highest BCUT2D eigenvalue weighted by atomic mass is 16.1. The Morgan fingerprint density at radius 1 is 1.17 bits per heavy atom. The fourth-order valence-electron chi connectivity index (χ4n) is 4.74. The average molecular weight is 312 g/mol. The molecule has 0 radical (unpaired) electrons. The van der Waals surface area contributed by atoms with Crippen LogP contribution < -0.4 is 5.32 Å². The predicted molar refractivity (Wildman–Crippen MR) is 92.3 cm³/mol. The van der Waals surface area contributed by atoms with Gasteiger partial charge in [0.15, 0.2) is 0 Å². The summed E-state index contributed by atoms with van der Waals surface area (Å²) in [6, 6.07) is 9.05. The second kappa shape index (κ2) is 5.94. The molecule has 2 fully saturated rings. The lowest BCUT2D eigenvalue weighted by Gasteiger charge is -2.47. The molecule has 4 rings (SSSR count). The Bertz CT molecular complexity index is 585. The third-order valence-electron chi connectivity index (χ3n) is 6.22. The second-order valence-corrected chi connectivity index (χ2v) is 7.90. The first-order chi connectivity index (χ1) is 11.2. The molecule has 0 aromatic heterocycles. The molecule has 1 aliphatic heterocycles. The first-order valence-electron chi connectivity index (χ1n) is 9.25. The van der Waals surface area contributed by atoms with Gasteiger partial charge in [0.2, 0.25) is 5.91 Å². The van der Waals surface area contributed by atoms with Gasteiger partial charge in [-0.15, -0.1) is 0 Å². The van der Waals surface area contributed by atoms with E-state index in [9.17, 15) is 4.79 Å². The number of likely N-dealkylation sites (tertiary alicyclic amines) is 1. The minimum atomic E-state index is 0.0833. The number of nitrogens with zero attached hydrogens (tertiary/aromatic N) is 1. The monoisotopic (exact) mass is 312 g/mol. The zero-order chi connectivity index (χ0) is 15.9. The van der Waals surface area contributed by atoms with E-state index in [1.165, 1.54) is 62.9 Å². The number of benzene rings is 1. The van der Waals surface area contributed by atoms with Gasteiger partial charge in [0.25, 0.3) is 0 Å². The van der Waals surface area contributed by atoms with Crippen LogP contribution in [-0.2, 0) is 10.2 Å². The Kier molecular flexibility index (Phi) is 3.92. The van der Waals surface area contributed by atoms with Gasteiger partial charge < -0.3 is 10.2 Å². The Morgan fingerprint density at radius 2 is 1.91 bits per heavy atom. The van der Waals surface area contributed by atoms with Gasteiger partial charge >= 0.3 is 0 Å². The van der Waals surface area contributed by atoms with Crippen LogP contribution in [0.4, 0.5) is 0 Å². The van der Waals surface area contributed by atoms with E-state index < -0.39 is 0 Å². The number of carbonyl (C=O) groups excluding carboxylic acids is 1. The molecule has 1 N–H and O–H groups in total. The van der Waals surface area contributed by atoms with Gasteiger partial charge in [-0.1, -0.05) is 24.3 Å². The Balaban J connectivity index is 1.54. The van der Waals surface area contributed by atoms with Crippen molar-refractivity contribution in [1.82, 2.24) is 10.2 Å². The topological polar surface area (TPSA) is 32.3 Å². The van der Waals surface area contributed by atoms with Crippen LogP contribution in [0.1, 0.15) is 62.6 Å². The summed E-state index contributed by atoms with van der Waals surface area (Å²) in [5, 5.41) is 3.15.